The van der Waals surface area contributed by atoms with E-state index in [1.165, 1.54) is 18.2 Å². The molecule has 3 rings (SSSR count). The Labute approximate surface area is 143 Å². The number of pyridine rings is 1. The van der Waals surface area contributed by atoms with E-state index in [9.17, 15) is 18.5 Å². The number of hydrogen-bond donors (Lipinski definition) is 0. The number of fused-ring (bicyclic) bond motifs is 1. The molecule has 7 nitrogen and oxygen atoms in total. The monoisotopic (exact) mass is 415 g/mol. The number of benzene rings is 1. The van der Waals surface area contributed by atoms with Crippen molar-refractivity contribution in [2.24, 2.45) is 0 Å². The Kier molecular flexibility index (Phi) is 3.86. The van der Waals surface area contributed by atoms with Crippen LogP contribution in [0.4, 0.5) is 5.69 Å². The van der Waals surface area contributed by atoms with Gasteiger partial charge in [0.15, 0.2) is 5.65 Å². The van der Waals surface area contributed by atoms with Gasteiger partial charge in [0.05, 0.1) is 9.82 Å². The quantitative estimate of drug-likeness (QED) is 0.480. The first kappa shape index (κ1) is 15.9. The lowest BCUT2D eigenvalue weighted by molar-refractivity contribution is -0.384. The number of hydrogen-bond acceptors (Lipinski definition) is 5. The van der Waals surface area contributed by atoms with Crippen molar-refractivity contribution in [1.82, 2.24) is 8.96 Å². The SMILES string of the molecule is O=[N+]([O-])c1cnc2c(cc(Br)n2S(=O)(=O)c2ccccc2)c1Cl. The summed E-state index contributed by atoms with van der Waals surface area (Å²) in [6.07, 6.45) is 0.939. The van der Waals surface area contributed by atoms with E-state index in [0.717, 1.165) is 10.2 Å². The Morgan fingerprint density at radius 3 is 2.52 bits per heavy atom. The molecule has 0 aliphatic rings. The van der Waals surface area contributed by atoms with E-state index in [4.69, 9.17) is 11.6 Å². The first-order chi connectivity index (χ1) is 10.8. The molecule has 0 aliphatic carbocycles. The van der Waals surface area contributed by atoms with Gasteiger partial charge in [-0.2, -0.15) is 0 Å². The Balaban J connectivity index is 2.34. The minimum atomic E-state index is -3.92. The van der Waals surface area contributed by atoms with E-state index < -0.39 is 14.9 Å². The maximum absolute atomic E-state index is 12.8. The molecule has 10 heteroatoms. The first-order valence-corrected chi connectivity index (χ1v) is 8.75. The average molecular weight is 417 g/mol. The summed E-state index contributed by atoms with van der Waals surface area (Å²) in [6, 6.07) is 9.16. The van der Waals surface area contributed by atoms with Crippen LogP contribution < -0.4 is 0 Å². The van der Waals surface area contributed by atoms with E-state index in [-0.39, 0.29) is 31.2 Å². The van der Waals surface area contributed by atoms with Gasteiger partial charge in [-0.05, 0) is 34.1 Å². The lowest BCUT2D eigenvalue weighted by atomic mass is 10.3. The van der Waals surface area contributed by atoms with Gasteiger partial charge >= 0.3 is 5.69 Å². The Morgan fingerprint density at radius 1 is 1.26 bits per heavy atom. The van der Waals surface area contributed by atoms with Crippen LogP contribution in [0.3, 0.4) is 0 Å². The van der Waals surface area contributed by atoms with Gasteiger partial charge in [-0.15, -0.1) is 0 Å². The maximum Gasteiger partial charge on any atom is 0.306 e. The second-order valence-corrected chi connectivity index (χ2v) is 7.48. The average Bonchev–Trinajstić information content (AvgIpc) is 2.86. The van der Waals surface area contributed by atoms with Crippen LogP contribution in [0.5, 0.6) is 0 Å². The molecule has 0 bridgehead atoms. The number of nitro groups is 1. The van der Waals surface area contributed by atoms with Crippen LogP contribution in [0.25, 0.3) is 11.0 Å². The molecular formula is C13H7BrClN3O4S. The van der Waals surface area contributed by atoms with E-state index in [1.807, 2.05) is 0 Å². The zero-order valence-electron chi connectivity index (χ0n) is 11.2. The highest BCUT2D eigenvalue weighted by Crippen LogP contribution is 2.36. The predicted molar refractivity (Wildman–Crippen MR) is 88.1 cm³/mol. The van der Waals surface area contributed by atoms with Crippen molar-refractivity contribution < 1.29 is 13.3 Å². The third-order valence-corrected chi connectivity index (χ3v) is 6.07. The van der Waals surface area contributed by atoms with Gasteiger partial charge in [0.25, 0.3) is 10.0 Å². The molecule has 0 atom stereocenters. The largest absolute Gasteiger partial charge is 0.306 e. The first-order valence-electron chi connectivity index (χ1n) is 6.14. The van der Waals surface area contributed by atoms with Crippen molar-refractivity contribution in [1.29, 1.82) is 0 Å². The zero-order chi connectivity index (χ0) is 16.8. The van der Waals surface area contributed by atoms with Crippen LogP contribution in [0, 0.1) is 10.1 Å². The van der Waals surface area contributed by atoms with E-state index in [0.29, 0.717) is 0 Å². The molecule has 0 N–H and O–H groups in total. The predicted octanol–water partition coefficient (Wildman–Crippen LogP) is 3.60. The molecule has 0 fully saturated rings. The molecule has 0 amide bonds. The molecular weight excluding hydrogens is 410 g/mol. The Hall–Kier alpha value is -1.97. The third kappa shape index (κ3) is 2.50. The fourth-order valence-electron chi connectivity index (χ4n) is 2.11. The summed E-state index contributed by atoms with van der Waals surface area (Å²) in [5.41, 5.74) is -0.378. The summed E-state index contributed by atoms with van der Waals surface area (Å²) < 4.78 is 26.7. The second-order valence-electron chi connectivity index (χ2n) is 4.50. The van der Waals surface area contributed by atoms with Gasteiger partial charge in [0.2, 0.25) is 0 Å². The number of nitrogens with zero attached hydrogens (tertiary/aromatic N) is 3. The molecule has 118 valence electrons. The molecule has 2 aromatic heterocycles. The number of rotatable bonds is 3. The van der Waals surface area contributed by atoms with Gasteiger partial charge in [-0.1, -0.05) is 29.8 Å². The lowest BCUT2D eigenvalue weighted by Gasteiger charge is -2.08. The van der Waals surface area contributed by atoms with Crippen molar-refractivity contribution >= 4 is 54.3 Å². The Morgan fingerprint density at radius 2 is 1.91 bits per heavy atom. The van der Waals surface area contributed by atoms with Crippen molar-refractivity contribution in [2.45, 2.75) is 4.90 Å². The van der Waals surface area contributed by atoms with E-state index in [2.05, 4.69) is 20.9 Å². The van der Waals surface area contributed by atoms with Gasteiger partial charge < -0.3 is 0 Å². The molecule has 2 heterocycles. The molecule has 0 spiro atoms. The summed E-state index contributed by atoms with van der Waals surface area (Å²) in [6.45, 7) is 0. The molecule has 0 aliphatic heterocycles. The zero-order valence-corrected chi connectivity index (χ0v) is 14.3. The molecule has 3 aromatic rings. The summed E-state index contributed by atoms with van der Waals surface area (Å²) in [7, 11) is -3.92. The fourth-order valence-corrected chi connectivity index (χ4v) is 4.70. The number of aromatic nitrogens is 2. The topological polar surface area (TPSA) is 95.1 Å². The third-order valence-electron chi connectivity index (χ3n) is 3.14. The maximum atomic E-state index is 12.8. The molecule has 0 saturated heterocycles. The molecule has 0 radical (unpaired) electrons. The van der Waals surface area contributed by atoms with Crippen LogP contribution in [0.2, 0.25) is 5.02 Å². The molecule has 0 unspecified atom stereocenters. The molecule has 23 heavy (non-hydrogen) atoms. The van der Waals surface area contributed by atoms with Crippen molar-refractivity contribution in [3.05, 3.63) is 62.3 Å². The summed E-state index contributed by atoms with van der Waals surface area (Å²) in [4.78, 5) is 14.2. The van der Waals surface area contributed by atoms with Gasteiger partial charge in [0, 0.05) is 5.39 Å². The van der Waals surface area contributed by atoms with Gasteiger partial charge in [-0.25, -0.2) is 17.4 Å². The van der Waals surface area contributed by atoms with Crippen LogP contribution in [-0.4, -0.2) is 22.3 Å². The van der Waals surface area contributed by atoms with Crippen LogP contribution in [-0.2, 0) is 10.0 Å². The number of halogens is 2. The molecule has 0 saturated carbocycles. The van der Waals surface area contributed by atoms with Crippen LogP contribution in [0.15, 0.2) is 52.1 Å². The van der Waals surface area contributed by atoms with E-state index in [1.54, 1.807) is 18.2 Å². The summed E-state index contributed by atoms with van der Waals surface area (Å²) in [5, 5.41) is 10.9. The minimum Gasteiger partial charge on any atom is -0.258 e. The van der Waals surface area contributed by atoms with Crippen LogP contribution >= 0.6 is 27.5 Å². The standard InChI is InChI=1S/C13H7BrClN3O4S/c14-11-6-9-12(15)10(18(19)20)7-16-13(9)17(11)23(21,22)8-4-2-1-3-5-8/h1-7H. The van der Waals surface area contributed by atoms with Gasteiger partial charge in [0.1, 0.15) is 15.8 Å². The second kappa shape index (κ2) is 5.59. The van der Waals surface area contributed by atoms with Crippen molar-refractivity contribution in [2.75, 3.05) is 0 Å². The van der Waals surface area contributed by atoms with Crippen LogP contribution in [0.1, 0.15) is 0 Å². The Bertz CT molecular complexity index is 1030. The summed E-state index contributed by atoms with van der Waals surface area (Å²) >= 11 is 9.16. The minimum absolute atomic E-state index is 0.0105. The highest BCUT2D eigenvalue weighted by atomic mass is 79.9. The van der Waals surface area contributed by atoms with Crippen molar-refractivity contribution in [3.63, 3.8) is 0 Å². The lowest BCUT2D eigenvalue weighted by Crippen LogP contribution is -2.13. The smallest absolute Gasteiger partial charge is 0.258 e. The summed E-state index contributed by atoms with van der Waals surface area (Å²) in [5.74, 6) is 0. The highest BCUT2D eigenvalue weighted by molar-refractivity contribution is 9.10. The van der Waals surface area contributed by atoms with Crippen molar-refractivity contribution in [3.8, 4) is 0 Å². The normalized spacial score (nSPS) is 11.7. The fraction of sp³-hybridized carbons (Fsp3) is 0. The molecule has 1 aromatic carbocycles. The van der Waals surface area contributed by atoms with Gasteiger partial charge in [-0.3, -0.25) is 10.1 Å². The highest BCUT2D eigenvalue weighted by Gasteiger charge is 2.26. The van der Waals surface area contributed by atoms with E-state index >= 15 is 0 Å².